The molecule has 0 spiro atoms. The molecule has 0 saturated heterocycles. The Balaban J connectivity index is 2.78. The predicted octanol–water partition coefficient (Wildman–Crippen LogP) is 5.04. The van der Waals surface area contributed by atoms with Crippen LogP contribution in [0, 0.1) is 15.9 Å². The number of anilines is 1. The molecule has 0 fully saturated rings. The van der Waals surface area contributed by atoms with Crippen LogP contribution in [0.4, 0.5) is 15.8 Å². The van der Waals surface area contributed by atoms with Crippen molar-refractivity contribution in [1.29, 1.82) is 0 Å². The predicted molar refractivity (Wildman–Crippen MR) is 102 cm³/mol. The van der Waals surface area contributed by atoms with Crippen LogP contribution in [0.15, 0.2) is 12.1 Å². The van der Waals surface area contributed by atoms with Gasteiger partial charge in [-0.2, -0.15) is 0 Å². The molecule has 1 amide bonds. The first-order chi connectivity index (χ1) is 12.5. The lowest BCUT2D eigenvalue weighted by Gasteiger charge is -2.11. The van der Waals surface area contributed by atoms with Gasteiger partial charge in [-0.05, 0) is 18.9 Å². The lowest BCUT2D eigenvalue weighted by molar-refractivity contribution is -0.385. The van der Waals surface area contributed by atoms with E-state index in [1.165, 1.54) is 6.07 Å². The number of hydrogen-bond acceptors (Lipinski definition) is 4. The molecule has 0 radical (unpaired) electrons. The second-order valence-electron chi connectivity index (χ2n) is 6.41. The Morgan fingerprint density at radius 1 is 1.04 bits per heavy atom. The van der Waals surface area contributed by atoms with Gasteiger partial charge >= 0.3 is 0 Å². The SMILES string of the molecule is CCCCCCNC(=O)c1cc(NCCCCCC)c(F)cc1[N+](=O)[O-]. The first kappa shape index (κ1) is 21.9. The number of nitro benzene ring substituents is 1. The summed E-state index contributed by atoms with van der Waals surface area (Å²) in [6, 6.07) is 2.06. The van der Waals surface area contributed by atoms with Crippen LogP contribution in [0.1, 0.15) is 75.6 Å². The average Bonchev–Trinajstić information content (AvgIpc) is 2.61. The van der Waals surface area contributed by atoms with Gasteiger partial charge in [-0.3, -0.25) is 14.9 Å². The molecule has 0 aliphatic carbocycles. The zero-order valence-electron chi connectivity index (χ0n) is 15.8. The van der Waals surface area contributed by atoms with Gasteiger partial charge in [0.25, 0.3) is 11.6 Å². The Hall–Kier alpha value is -2.18. The molecule has 0 atom stereocenters. The van der Waals surface area contributed by atoms with E-state index in [9.17, 15) is 19.3 Å². The number of hydrogen-bond donors (Lipinski definition) is 2. The van der Waals surface area contributed by atoms with E-state index in [4.69, 9.17) is 0 Å². The standard InChI is InChI=1S/C19H30FN3O3/c1-3-5-7-9-11-21-17-13-15(18(23(25)26)14-16(17)20)19(24)22-12-10-8-6-4-2/h13-14,21H,3-12H2,1-2H3,(H,22,24). The fraction of sp³-hybridized carbons (Fsp3) is 0.632. The monoisotopic (exact) mass is 367 g/mol. The van der Waals surface area contributed by atoms with E-state index in [1.54, 1.807) is 0 Å². The van der Waals surface area contributed by atoms with Crippen LogP contribution in [0.5, 0.6) is 0 Å². The highest BCUT2D eigenvalue weighted by molar-refractivity contribution is 5.99. The van der Waals surface area contributed by atoms with Crippen molar-refractivity contribution in [2.75, 3.05) is 18.4 Å². The third-order valence-corrected chi connectivity index (χ3v) is 4.19. The molecule has 146 valence electrons. The van der Waals surface area contributed by atoms with Gasteiger partial charge in [0.05, 0.1) is 16.7 Å². The molecule has 0 saturated carbocycles. The second-order valence-corrected chi connectivity index (χ2v) is 6.41. The van der Waals surface area contributed by atoms with E-state index >= 15 is 0 Å². The number of nitro groups is 1. The fourth-order valence-electron chi connectivity index (χ4n) is 2.65. The topological polar surface area (TPSA) is 84.3 Å². The minimum absolute atomic E-state index is 0.108. The molecule has 7 heteroatoms. The summed E-state index contributed by atoms with van der Waals surface area (Å²) in [4.78, 5) is 22.8. The highest BCUT2D eigenvalue weighted by atomic mass is 19.1. The van der Waals surface area contributed by atoms with Crippen molar-refractivity contribution in [3.8, 4) is 0 Å². The molecule has 0 bridgehead atoms. The van der Waals surface area contributed by atoms with Crippen LogP contribution in [0.2, 0.25) is 0 Å². The van der Waals surface area contributed by atoms with Gasteiger partial charge < -0.3 is 10.6 Å². The van der Waals surface area contributed by atoms with E-state index in [2.05, 4.69) is 24.5 Å². The van der Waals surface area contributed by atoms with Crippen LogP contribution in [0.25, 0.3) is 0 Å². The van der Waals surface area contributed by atoms with Crippen molar-refractivity contribution >= 4 is 17.3 Å². The molecule has 0 unspecified atom stereocenters. The maximum Gasteiger partial charge on any atom is 0.285 e. The first-order valence-corrected chi connectivity index (χ1v) is 9.51. The number of carbonyl (C=O) groups excluding carboxylic acids is 1. The van der Waals surface area contributed by atoms with Crippen LogP contribution in [-0.4, -0.2) is 23.9 Å². The zero-order chi connectivity index (χ0) is 19.4. The molecule has 0 heterocycles. The van der Waals surface area contributed by atoms with E-state index in [1.807, 2.05) is 0 Å². The molecule has 26 heavy (non-hydrogen) atoms. The number of rotatable bonds is 13. The average molecular weight is 367 g/mol. The largest absolute Gasteiger partial charge is 0.383 e. The molecular weight excluding hydrogens is 337 g/mol. The maximum atomic E-state index is 14.1. The van der Waals surface area contributed by atoms with Crippen LogP contribution < -0.4 is 10.6 Å². The minimum atomic E-state index is -0.722. The molecule has 2 N–H and O–H groups in total. The Labute approximate surface area is 154 Å². The number of unbranched alkanes of at least 4 members (excludes halogenated alkanes) is 6. The summed E-state index contributed by atoms with van der Waals surface area (Å²) in [5, 5.41) is 16.8. The Bertz CT molecular complexity index is 594. The van der Waals surface area contributed by atoms with Crippen LogP contribution in [-0.2, 0) is 0 Å². The summed E-state index contributed by atoms with van der Waals surface area (Å²) < 4.78 is 14.1. The van der Waals surface area contributed by atoms with E-state index in [0.29, 0.717) is 13.1 Å². The Morgan fingerprint density at radius 2 is 1.65 bits per heavy atom. The van der Waals surface area contributed by atoms with Crippen molar-refractivity contribution in [3.05, 3.63) is 33.6 Å². The number of halogens is 1. The second kappa shape index (κ2) is 12.2. The molecule has 6 nitrogen and oxygen atoms in total. The van der Waals surface area contributed by atoms with Gasteiger partial charge in [-0.15, -0.1) is 0 Å². The van der Waals surface area contributed by atoms with Crippen molar-refractivity contribution in [2.24, 2.45) is 0 Å². The van der Waals surface area contributed by atoms with E-state index in [-0.39, 0.29) is 11.3 Å². The number of carbonyl (C=O) groups is 1. The summed E-state index contributed by atoms with van der Waals surface area (Å²) in [5.41, 5.74) is -0.490. The molecule has 0 aliphatic rings. The lowest BCUT2D eigenvalue weighted by atomic mass is 10.1. The van der Waals surface area contributed by atoms with Crippen molar-refractivity contribution < 1.29 is 14.1 Å². The third-order valence-electron chi connectivity index (χ3n) is 4.19. The lowest BCUT2D eigenvalue weighted by Crippen LogP contribution is -2.25. The van der Waals surface area contributed by atoms with Gasteiger partial charge in [-0.1, -0.05) is 52.4 Å². The Kier molecular flexibility index (Phi) is 10.3. The normalized spacial score (nSPS) is 10.6. The van der Waals surface area contributed by atoms with Crippen LogP contribution >= 0.6 is 0 Å². The number of amides is 1. The number of nitrogens with one attached hydrogen (secondary N) is 2. The quantitative estimate of drug-likeness (QED) is 0.291. The molecule has 0 aromatic heterocycles. The molecular formula is C19H30FN3O3. The van der Waals surface area contributed by atoms with Crippen molar-refractivity contribution in [1.82, 2.24) is 5.32 Å². The molecule has 1 aromatic carbocycles. The fourth-order valence-corrected chi connectivity index (χ4v) is 2.65. The highest BCUT2D eigenvalue weighted by Crippen LogP contribution is 2.26. The molecule has 0 aliphatic heterocycles. The number of nitrogens with zero attached hydrogens (tertiary/aromatic N) is 1. The van der Waals surface area contributed by atoms with Gasteiger partial charge in [0, 0.05) is 13.1 Å². The van der Waals surface area contributed by atoms with Gasteiger partial charge in [0.15, 0.2) is 5.82 Å². The first-order valence-electron chi connectivity index (χ1n) is 9.51. The summed E-state index contributed by atoms with van der Waals surface area (Å²) in [6.07, 6.45) is 8.10. The number of benzene rings is 1. The van der Waals surface area contributed by atoms with E-state index < -0.39 is 22.3 Å². The summed E-state index contributed by atoms with van der Waals surface area (Å²) in [7, 11) is 0. The minimum Gasteiger partial charge on any atom is -0.383 e. The third kappa shape index (κ3) is 7.37. The van der Waals surface area contributed by atoms with Crippen LogP contribution in [0.3, 0.4) is 0 Å². The maximum absolute atomic E-state index is 14.1. The van der Waals surface area contributed by atoms with Gasteiger partial charge in [-0.25, -0.2) is 4.39 Å². The molecule has 1 rings (SSSR count). The van der Waals surface area contributed by atoms with Gasteiger partial charge in [0.1, 0.15) is 5.56 Å². The van der Waals surface area contributed by atoms with Gasteiger partial charge in [0.2, 0.25) is 0 Å². The van der Waals surface area contributed by atoms with Crippen molar-refractivity contribution in [2.45, 2.75) is 65.2 Å². The summed E-state index contributed by atoms with van der Waals surface area (Å²) in [5.74, 6) is -1.26. The van der Waals surface area contributed by atoms with E-state index in [0.717, 1.165) is 57.4 Å². The van der Waals surface area contributed by atoms with Crippen molar-refractivity contribution in [3.63, 3.8) is 0 Å². The summed E-state index contributed by atoms with van der Waals surface area (Å²) in [6.45, 7) is 5.22. The smallest absolute Gasteiger partial charge is 0.285 e. The highest BCUT2D eigenvalue weighted by Gasteiger charge is 2.23. The Morgan fingerprint density at radius 3 is 2.23 bits per heavy atom. The molecule has 1 aromatic rings. The summed E-state index contributed by atoms with van der Waals surface area (Å²) >= 11 is 0. The zero-order valence-corrected chi connectivity index (χ0v) is 15.8.